The molecule has 160 valence electrons. The van der Waals surface area contributed by atoms with E-state index in [2.05, 4.69) is 15.6 Å². The normalized spacial score (nSPS) is 13.8. The number of piperazine rings is 1. The highest BCUT2D eigenvalue weighted by atomic mass is 32.1. The first-order valence-corrected chi connectivity index (χ1v) is 9.20. The van der Waals surface area contributed by atoms with Crippen LogP contribution < -0.4 is 10.2 Å². The van der Waals surface area contributed by atoms with Crippen molar-refractivity contribution >= 4 is 35.0 Å². The molecule has 0 radical (unpaired) electrons. The third-order valence-electron chi connectivity index (χ3n) is 4.47. The molecule has 0 aliphatic carbocycles. The summed E-state index contributed by atoms with van der Waals surface area (Å²) in [6.07, 6.45) is 1.50. The summed E-state index contributed by atoms with van der Waals surface area (Å²) in [7, 11) is 1.42. The van der Waals surface area contributed by atoms with Crippen LogP contribution in [-0.4, -0.2) is 75.3 Å². The summed E-state index contributed by atoms with van der Waals surface area (Å²) >= 11 is 4.86. The lowest BCUT2D eigenvalue weighted by molar-refractivity contribution is -0.156. The van der Waals surface area contributed by atoms with E-state index in [0.717, 1.165) is 17.0 Å². The molecule has 0 saturated carbocycles. The molecule has 1 aliphatic heterocycles. The topological polar surface area (TPSA) is 113 Å². The van der Waals surface area contributed by atoms with E-state index >= 15 is 0 Å². The molecule has 0 spiro atoms. The highest BCUT2D eigenvalue weighted by molar-refractivity contribution is 7.80. The minimum Gasteiger partial charge on any atom is -0.474 e. The quantitative estimate of drug-likeness (QED) is 0.512. The van der Waals surface area contributed by atoms with Crippen molar-refractivity contribution in [3.8, 4) is 5.69 Å². The third kappa shape index (κ3) is 4.62. The Bertz CT molecular complexity index is 954. The van der Waals surface area contributed by atoms with E-state index in [1.165, 1.54) is 22.9 Å². The summed E-state index contributed by atoms with van der Waals surface area (Å²) in [5.41, 5.74) is 0.383. The molecule has 0 atom stereocenters. The number of carboxylic acids is 1. The van der Waals surface area contributed by atoms with Crippen LogP contribution in [0.25, 0.3) is 5.69 Å². The van der Waals surface area contributed by atoms with Gasteiger partial charge in [-0.2, -0.15) is 0 Å². The Morgan fingerprint density at radius 1 is 1.23 bits per heavy atom. The number of nitrogens with one attached hydrogen (secondary N) is 1. The van der Waals surface area contributed by atoms with E-state index in [1.54, 1.807) is 0 Å². The number of amides is 1. The van der Waals surface area contributed by atoms with Crippen molar-refractivity contribution < 1.29 is 28.2 Å². The predicted molar refractivity (Wildman–Crippen MR) is 104 cm³/mol. The van der Waals surface area contributed by atoms with E-state index in [1.807, 2.05) is 0 Å². The Kier molecular flexibility index (Phi) is 6.40. The molecule has 2 N–H and O–H groups in total. The van der Waals surface area contributed by atoms with Crippen molar-refractivity contribution in [2.75, 3.05) is 38.2 Å². The van der Waals surface area contributed by atoms with Crippen LogP contribution in [0.2, 0.25) is 0 Å². The number of hydrogen-bond donors (Lipinski definition) is 2. The minimum absolute atomic E-state index is 0.0501. The Morgan fingerprint density at radius 2 is 1.87 bits per heavy atom. The summed E-state index contributed by atoms with van der Waals surface area (Å²) in [5.74, 6) is -4.21. The molecule has 1 saturated heterocycles. The lowest BCUT2D eigenvalue weighted by atomic mass is 10.2. The fourth-order valence-electron chi connectivity index (χ4n) is 3.00. The summed E-state index contributed by atoms with van der Waals surface area (Å²) < 4.78 is 35.5. The van der Waals surface area contributed by atoms with E-state index in [-0.39, 0.29) is 49.3 Å². The van der Waals surface area contributed by atoms with Crippen molar-refractivity contribution in [3.63, 3.8) is 0 Å². The molecule has 0 unspecified atom stereocenters. The number of anilines is 1. The maximum absolute atomic E-state index is 14.7. The first-order chi connectivity index (χ1) is 14.3. The molecule has 30 heavy (non-hydrogen) atoms. The van der Waals surface area contributed by atoms with Gasteiger partial charge in [0.15, 0.2) is 11.6 Å². The number of aromatic nitrogens is 3. The summed E-state index contributed by atoms with van der Waals surface area (Å²) in [4.78, 5) is 24.8. The smallest absolute Gasteiger partial charge is 0.394 e. The minimum atomic E-state index is -1.56. The molecule has 1 aliphatic rings. The zero-order valence-corrected chi connectivity index (χ0v) is 16.7. The lowest BCUT2D eigenvalue weighted by Crippen LogP contribution is -2.51. The Balaban J connectivity index is 1.72. The number of benzene rings is 1. The number of ether oxygens (including phenoxy) is 1. The van der Waals surface area contributed by atoms with Gasteiger partial charge >= 0.3 is 11.9 Å². The molecule has 0 bridgehead atoms. The maximum atomic E-state index is 14.7. The van der Waals surface area contributed by atoms with E-state index in [4.69, 9.17) is 22.1 Å². The molecule has 2 heterocycles. The van der Waals surface area contributed by atoms with Gasteiger partial charge in [-0.15, -0.1) is 5.10 Å². The molecular formula is C17H18F2N6O4S. The zero-order valence-electron chi connectivity index (χ0n) is 15.8. The van der Waals surface area contributed by atoms with Gasteiger partial charge in [-0.25, -0.2) is 18.3 Å². The SMILES string of the molecule is COC(=S)NCc1cn(-c2cc(F)c(N3CCN(C(=O)C(=O)O)CC3)c(F)c2)nn1. The fourth-order valence-corrected chi connectivity index (χ4v) is 3.07. The largest absolute Gasteiger partial charge is 0.474 e. The zero-order chi connectivity index (χ0) is 21.8. The molecule has 1 fully saturated rings. The Hall–Kier alpha value is -3.35. The van der Waals surface area contributed by atoms with E-state index in [9.17, 15) is 18.4 Å². The molecule has 1 aromatic heterocycles. The second-order valence-electron chi connectivity index (χ2n) is 6.34. The number of rotatable bonds is 4. The van der Waals surface area contributed by atoms with E-state index in [0.29, 0.717) is 5.69 Å². The average Bonchev–Trinajstić information content (AvgIpc) is 3.20. The van der Waals surface area contributed by atoms with Crippen molar-refractivity contribution in [1.82, 2.24) is 25.2 Å². The number of hydrogen-bond acceptors (Lipinski definition) is 7. The van der Waals surface area contributed by atoms with Crippen LogP contribution in [0.4, 0.5) is 14.5 Å². The van der Waals surface area contributed by atoms with Crippen LogP contribution in [0.15, 0.2) is 18.3 Å². The molecule has 1 aromatic carbocycles. The summed E-state index contributed by atoms with van der Waals surface area (Å²) in [6.45, 7) is 0.535. The molecule has 2 aromatic rings. The van der Waals surface area contributed by atoms with Crippen LogP contribution >= 0.6 is 12.2 Å². The number of aliphatic carboxylic acids is 1. The first kappa shape index (κ1) is 21.4. The van der Waals surface area contributed by atoms with Crippen molar-refractivity contribution in [1.29, 1.82) is 0 Å². The third-order valence-corrected chi connectivity index (χ3v) is 4.78. The van der Waals surface area contributed by atoms with Gasteiger partial charge in [0, 0.05) is 38.3 Å². The number of thiocarbonyl (C=S) groups is 1. The van der Waals surface area contributed by atoms with Gasteiger partial charge in [-0.1, -0.05) is 5.21 Å². The number of carboxylic acid groups (broad SMARTS) is 1. The number of nitrogens with zero attached hydrogens (tertiary/aromatic N) is 5. The first-order valence-electron chi connectivity index (χ1n) is 8.79. The molecular weight excluding hydrogens is 422 g/mol. The van der Waals surface area contributed by atoms with Crippen molar-refractivity contribution in [2.45, 2.75) is 6.54 Å². The fraction of sp³-hybridized carbons (Fsp3) is 0.353. The number of carbonyl (C=O) groups is 2. The van der Waals surface area contributed by atoms with Crippen molar-refractivity contribution in [2.24, 2.45) is 0 Å². The number of carbonyl (C=O) groups excluding carboxylic acids is 1. The number of halogens is 2. The van der Waals surface area contributed by atoms with E-state index < -0.39 is 23.5 Å². The average molecular weight is 440 g/mol. The highest BCUT2D eigenvalue weighted by Crippen LogP contribution is 2.27. The number of methoxy groups -OCH3 is 1. The Labute approximate surface area is 175 Å². The van der Waals surface area contributed by atoms with Crippen LogP contribution in [0, 0.1) is 11.6 Å². The highest BCUT2D eigenvalue weighted by Gasteiger charge is 2.28. The van der Waals surface area contributed by atoms with Gasteiger partial charge < -0.3 is 25.0 Å². The second-order valence-corrected chi connectivity index (χ2v) is 6.71. The maximum Gasteiger partial charge on any atom is 0.394 e. The van der Waals surface area contributed by atoms with Gasteiger partial charge in [0.25, 0.3) is 5.17 Å². The monoisotopic (exact) mass is 440 g/mol. The van der Waals surface area contributed by atoms with Gasteiger partial charge in [-0.05, 0) is 12.2 Å². The van der Waals surface area contributed by atoms with Crippen LogP contribution in [0.3, 0.4) is 0 Å². The van der Waals surface area contributed by atoms with Crippen LogP contribution in [0.5, 0.6) is 0 Å². The Morgan fingerprint density at radius 3 is 2.43 bits per heavy atom. The summed E-state index contributed by atoms with van der Waals surface area (Å²) in [6, 6.07) is 2.25. The van der Waals surface area contributed by atoms with Crippen LogP contribution in [0.1, 0.15) is 5.69 Å². The molecule has 1 amide bonds. The predicted octanol–water partition coefficient (Wildman–Crippen LogP) is 0.300. The van der Waals surface area contributed by atoms with Gasteiger partial charge in [-0.3, -0.25) is 4.79 Å². The van der Waals surface area contributed by atoms with Crippen LogP contribution in [-0.2, 0) is 20.9 Å². The summed E-state index contributed by atoms with van der Waals surface area (Å²) in [5, 5.41) is 19.5. The van der Waals surface area contributed by atoms with Gasteiger partial charge in [0.05, 0.1) is 25.5 Å². The second kappa shape index (κ2) is 8.98. The molecule has 3 rings (SSSR count). The standard InChI is InChI=1S/C17H18F2N6O4S/c1-29-17(30)20-8-10-9-25(22-21-10)11-6-12(18)14(13(19)7-11)23-2-4-24(5-3-23)15(26)16(27)28/h6-7,9H,2-5,8H2,1H3,(H,20,30)(H,27,28). The molecule has 10 nitrogen and oxygen atoms in total. The molecule has 13 heteroatoms. The van der Waals surface area contributed by atoms with Gasteiger partial charge in [0.2, 0.25) is 0 Å². The van der Waals surface area contributed by atoms with Gasteiger partial charge in [0.1, 0.15) is 11.4 Å². The van der Waals surface area contributed by atoms with Crippen molar-refractivity contribution in [3.05, 3.63) is 35.7 Å². The lowest BCUT2D eigenvalue weighted by Gasteiger charge is -2.35.